The van der Waals surface area contributed by atoms with E-state index in [1.165, 1.54) is 11.8 Å². The summed E-state index contributed by atoms with van der Waals surface area (Å²) in [7, 11) is 0. The van der Waals surface area contributed by atoms with E-state index in [0.717, 1.165) is 21.3 Å². The Balaban J connectivity index is 1.59. The highest BCUT2D eigenvalue weighted by molar-refractivity contribution is 9.10. The zero-order chi connectivity index (χ0) is 23.4. The van der Waals surface area contributed by atoms with E-state index in [4.69, 9.17) is 33.3 Å². The van der Waals surface area contributed by atoms with E-state index in [1.807, 2.05) is 79.7 Å². The number of ether oxygens (including phenoxy) is 2. The molecule has 0 N–H and O–H groups in total. The quantitative estimate of drug-likeness (QED) is 0.221. The number of anilines is 1. The fourth-order valence-corrected chi connectivity index (χ4v) is 5.05. The van der Waals surface area contributed by atoms with Gasteiger partial charge in [-0.25, -0.2) is 0 Å². The first kappa shape index (κ1) is 23.8. The summed E-state index contributed by atoms with van der Waals surface area (Å²) in [5.41, 5.74) is 2.54. The van der Waals surface area contributed by atoms with Gasteiger partial charge in [-0.1, -0.05) is 81.8 Å². The Bertz CT molecular complexity index is 1220. The molecule has 0 radical (unpaired) electrons. The maximum atomic E-state index is 13.1. The summed E-state index contributed by atoms with van der Waals surface area (Å²) in [5, 5.41) is 0.679. The smallest absolute Gasteiger partial charge is 0.270 e. The molecular weight excluding hydrogens is 542 g/mol. The van der Waals surface area contributed by atoms with Crippen LogP contribution >= 0.6 is 51.5 Å². The van der Waals surface area contributed by atoms with Gasteiger partial charge in [-0.05, 0) is 60.5 Å². The topological polar surface area (TPSA) is 38.8 Å². The van der Waals surface area contributed by atoms with Gasteiger partial charge in [0.1, 0.15) is 6.61 Å². The molecule has 1 amide bonds. The first-order valence-corrected chi connectivity index (χ1v) is 12.5. The van der Waals surface area contributed by atoms with Crippen molar-refractivity contribution in [3.05, 3.63) is 92.3 Å². The molecule has 0 atom stereocenters. The third-order valence-corrected chi connectivity index (χ3v) is 7.01. The highest BCUT2D eigenvalue weighted by Crippen LogP contribution is 2.39. The summed E-state index contributed by atoms with van der Waals surface area (Å²) >= 11 is 16.3. The van der Waals surface area contributed by atoms with Gasteiger partial charge in [0.05, 0.1) is 17.2 Å². The molecule has 0 saturated carbocycles. The number of nitrogens with zero attached hydrogens (tertiary/aromatic N) is 1. The number of amides is 1. The molecule has 1 heterocycles. The number of para-hydroxylation sites is 1. The van der Waals surface area contributed by atoms with Gasteiger partial charge in [0.15, 0.2) is 15.8 Å². The molecule has 8 heteroatoms. The number of thiocarbonyl (C=S) groups is 1. The van der Waals surface area contributed by atoms with Crippen LogP contribution in [0.15, 0.2) is 76.1 Å². The van der Waals surface area contributed by atoms with Crippen LogP contribution in [0.3, 0.4) is 0 Å². The largest absolute Gasteiger partial charge is 0.490 e. The van der Waals surface area contributed by atoms with Gasteiger partial charge in [-0.3, -0.25) is 9.69 Å². The van der Waals surface area contributed by atoms with Crippen molar-refractivity contribution in [2.45, 2.75) is 13.5 Å². The SMILES string of the molecule is CCOc1cc(/C=C2/SC(=S)N(c3ccccc3)C2=O)c(Br)cc1OCc1ccc(Cl)cc1. The summed E-state index contributed by atoms with van der Waals surface area (Å²) in [6.45, 7) is 2.77. The van der Waals surface area contributed by atoms with Crippen molar-refractivity contribution in [1.29, 1.82) is 0 Å². The van der Waals surface area contributed by atoms with Crippen LogP contribution in [-0.2, 0) is 11.4 Å². The van der Waals surface area contributed by atoms with Crippen LogP contribution in [-0.4, -0.2) is 16.8 Å². The second kappa shape index (κ2) is 10.7. The fraction of sp³-hybridized carbons (Fsp3) is 0.120. The summed E-state index contributed by atoms with van der Waals surface area (Å²) in [6.07, 6.45) is 1.82. The Hall–Kier alpha value is -2.32. The minimum atomic E-state index is -0.149. The van der Waals surface area contributed by atoms with Crippen molar-refractivity contribution in [1.82, 2.24) is 0 Å². The molecule has 0 aliphatic carbocycles. The highest BCUT2D eigenvalue weighted by Gasteiger charge is 2.33. The average Bonchev–Trinajstić information content (AvgIpc) is 3.09. The van der Waals surface area contributed by atoms with E-state index in [0.29, 0.717) is 39.0 Å². The molecule has 4 nitrogen and oxygen atoms in total. The monoisotopic (exact) mass is 559 g/mol. The van der Waals surface area contributed by atoms with Crippen LogP contribution in [0.4, 0.5) is 5.69 Å². The number of hydrogen-bond acceptors (Lipinski definition) is 5. The van der Waals surface area contributed by atoms with Crippen LogP contribution in [0.25, 0.3) is 6.08 Å². The lowest BCUT2D eigenvalue weighted by Gasteiger charge is -2.15. The minimum absolute atomic E-state index is 0.149. The first-order chi connectivity index (χ1) is 16.0. The Morgan fingerprint density at radius 1 is 1.06 bits per heavy atom. The van der Waals surface area contributed by atoms with E-state index < -0.39 is 0 Å². The van der Waals surface area contributed by atoms with Crippen LogP contribution in [0.2, 0.25) is 5.02 Å². The lowest BCUT2D eigenvalue weighted by Crippen LogP contribution is -2.27. The van der Waals surface area contributed by atoms with Crippen LogP contribution in [0.1, 0.15) is 18.1 Å². The van der Waals surface area contributed by atoms with Gasteiger partial charge in [0, 0.05) is 9.50 Å². The molecule has 33 heavy (non-hydrogen) atoms. The lowest BCUT2D eigenvalue weighted by molar-refractivity contribution is -0.113. The van der Waals surface area contributed by atoms with Crippen molar-refractivity contribution in [2.75, 3.05) is 11.5 Å². The van der Waals surface area contributed by atoms with Crippen LogP contribution in [0, 0.1) is 0 Å². The van der Waals surface area contributed by atoms with E-state index in [-0.39, 0.29) is 5.91 Å². The summed E-state index contributed by atoms with van der Waals surface area (Å²) < 4.78 is 13.1. The third-order valence-electron chi connectivity index (χ3n) is 4.77. The predicted molar refractivity (Wildman–Crippen MR) is 143 cm³/mol. The van der Waals surface area contributed by atoms with Crippen molar-refractivity contribution in [3.63, 3.8) is 0 Å². The molecule has 0 aromatic heterocycles. The normalized spacial score (nSPS) is 14.8. The van der Waals surface area contributed by atoms with E-state index in [9.17, 15) is 4.79 Å². The average molecular weight is 561 g/mol. The van der Waals surface area contributed by atoms with Crippen molar-refractivity contribution in [3.8, 4) is 11.5 Å². The summed E-state index contributed by atoms with van der Waals surface area (Å²) in [5.74, 6) is 1.05. The molecule has 1 fully saturated rings. The second-order valence-corrected chi connectivity index (χ2v) is 9.99. The van der Waals surface area contributed by atoms with E-state index in [2.05, 4.69) is 15.9 Å². The number of halogens is 2. The molecule has 4 rings (SSSR count). The molecule has 1 aliphatic rings. The lowest BCUT2D eigenvalue weighted by atomic mass is 10.1. The predicted octanol–water partition coefficient (Wildman–Crippen LogP) is 7.49. The molecule has 3 aromatic carbocycles. The van der Waals surface area contributed by atoms with Crippen LogP contribution < -0.4 is 14.4 Å². The van der Waals surface area contributed by atoms with Gasteiger partial charge < -0.3 is 9.47 Å². The Kier molecular flexibility index (Phi) is 7.75. The van der Waals surface area contributed by atoms with Gasteiger partial charge in [0.25, 0.3) is 5.91 Å². The maximum Gasteiger partial charge on any atom is 0.270 e. The third kappa shape index (κ3) is 5.61. The van der Waals surface area contributed by atoms with E-state index >= 15 is 0 Å². The molecule has 1 aliphatic heterocycles. The Morgan fingerprint density at radius 3 is 2.45 bits per heavy atom. The molecule has 0 spiro atoms. The number of carbonyl (C=O) groups excluding carboxylic acids is 1. The number of benzene rings is 3. The number of hydrogen-bond donors (Lipinski definition) is 0. The van der Waals surface area contributed by atoms with Gasteiger partial charge in [-0.2, -0.15) is 0 Å². The van der Waals surface area contributed by atoms with Gasteiger partial charge >= 0.3 is 0 Å². The van der Waals surface area contributed by atoms with Crippen molar-refractivity contribution in [2.24, 2.45) is 0 Å². The summed E-state index contributed by atoms with van der Waals surface area (Å²) in [6, 6.07) is 20.6. The highest BCUT2D eigenvalue weighted by atomic mass is 79.9. The minimum Gasteiger partial charge on any atom is -0.490 e. The zero-order valence-electron chi connectivity index (χ0n) is 17.6. The van der Waals surface area contributed by atoms with Crippen molar-refractivity contribution < 1.29 is 14.3 Å². The van der Waals surface area contributed by atoms with Crippen molar-refractivity contribution >= 4 is 73.5 Å². The second-order valence-electron chi connectivity index (χ2n) is 7.02. The molecular formula is C25H19BrClNO3S2. The van der Waals surface area contributed by atoms with E-state index in [1.54, 1.807) is 4.90 Å². The summed E-state index contributed by atoms with van der Waals surface area (Å²) in [4.78, 5) is 15.2. The number of rotatable bonds is 7. The molecule has 0 unspecified atom stereocenters. The van der Waals surface area contributed by atoms with Crippen LogP contribution in [0.5, 0.6) is 11.5 Å². The molecule has 0 bridgehead atoms. The zero-order valence-corrected chi connectivity index (χ0v) is 21.6. The Morgan fingerprint density at radius 2 is 1.76 bits per heavy atom. The Labute approximate surface area is 215 Å². The maximum absolute atomic E-state index is 13.1. The first-order valence-electron chi connectivity index (χ1n) is 10.1. The fourth-order valence-electron chi connectivity index (χ4n) is 3.19. The number of thioether (sulfide) groups is 1. The van der Waals surface area contributed by atoms with Gasteiger partial charge in [0.2, 0.25) is 0 Å². The molecule has 168 valence electrons. The van der Waals surface area contributed by atoms with Gasteiger partial charge in [-0.15, -0.1) is 0 Å². The molecule has 1 saturated heterocycles. The standard InChI is InChI=1S/C25H19BrClNO3S2/c1-2-30-21-12-17(20(26)14-22(21)31-15-16-8-10-18(27)11-9-16)13-23-24(29)28(25(32)33-23)19-6-4-3-5-7-19/h3-14H,2,15H2,1H3/b23-13+. The number of carbonyl (C=O) groups is 1. The molecule has 3 aromatic rings.